The highest BCUT2D eigenvalue weighted by atomic mass is 16.5. The van der Waals surface area contributed by atoms with Crippen LogP contribution in [0.4, 0.5) is 0 Å². The summed E-state index contributed by atoms with van der Waals surface area (Å²) in [6.07, 6.45) is 2.13. The third-order valence-electron chi connectivity index (χ3n) is 3.56. The molecule has 0 saturated carbocycles. The Bertz CT molecular complexity index is 645. The third-order valence-corrected chi connectivity index (χ3v) is 3.56. The number of hydrogen-bond acceptors (Lipinski definition) is 3. The van der Waals surface area contributed by atoms with Crippen LogP contribution in [0.25, 0.3) is 10.9 Å². The van der Waals surface area contributed by atoms with Crippen LogP contribution in [-0.4, -0.2) is 22.4 Å². The summed E-state index contributed by atoms with van der Waals surface area (Å²) in [5.41, 5.74) is 1.18. The van der Waals surface area contributed by atoms with E-state index in [0.29, 0.717) is 13.0 Å². The van der Waals surface area contributed by atoms with Crippen LogP contribution < -0.4 is 0 Å². The normalized spacial score (nSPS) is 13.9. The molecule has 0 fully saturated rings. The summed E-state index contributed by atoms with van der Waals surface area (Å²) in [4.78, 5) is 12.1. The summed E-state index contributed by atoms with van der Waals surface area (Å²) < 4.78 is 6.98. The Balaban J connectivity index is 2.40. The van der Waals surface area contributed by atoms with Gasteiger partial charge in [-0.1, -0.05) is 24.3 Å². The van der Waals surface area contributed by atoms with Crippen molar-refractivity contribution in [3.05, 3.63) is 42.6 Å². The van der Waals surface area contributed by atoms with Crippen LogP contribution >= 0.6 is 0 Å². The van der Waals surface area contributed by atoms with Crippen molar-refractivity contribution < 1.29 is 9.53 Å². The van der Waals surface area contributed by atoms with Gasteiger partial charge in [-0.05, 0) is 19.9 Å². The molecule has 0 saturated heterocycles. The van der Waals surface area contributed by atoms with Crippen LogP contribution in [0.5, 0.6) is 0 Å². The van der Waals surface area contributed by atoms with Crippen LogP contribution in [0.1, 0.15) is 19.5 Å². The van der Waals surface area contributed by atoms with Gasteiger partial charge in [0.15, 0.2) is 0 Å². The van der Waals surface area contributed by atoms with Crippen molar-refractivity contribution in [2.24, 2.45) is 12.5 Å². The average Bonchev–Trinajstić information content (AvgIpc) is 2.76. The van der Waals surface area contributed by atoms with Crippen molar-refractivity contribution in [3.63, 3.8) is 0 Å². The van der Waals surface area contributed by atoms with E-state index < -0.39 is 5.41 Å². The molecule has 0 aliphatic heterocycles. The zero-order valence-electron chi connectivity index (χ0n) is 12.2. The fraction of sp³-hybridized carbons (Fsp3) is 0.375. The molecule has 1 aromatic heterocycles. The van der Waals surface area contributed by atoms with E-state index in [0.717, 1.165) is 16.6 Å². The zero-order chi connectivity index (χ0) is 14.8. The maximum absolute atomic E-state index is 12.1. The Morgan fingerprint density at radius 3 is 2.85 bits per heavy atom. The molecule has 106 valence electrons. The van der Waals surface area contributed by atoms with Crippen molar-refractivity contribution in [2.75, 3.05) is 6.61 Å². The third kappa shape index (κ3) is 2.46. The van der Waals surface area contributed by atoms with E-state index >= 15 is 0 Å². The van der Waals surface area contributed by atoms with E-state index in [-0.39, 0.29) is 5.97 Å². The molecule has 0 amide bonds. The second-order valence-corrected chi connectivity index (χ2v) is 5.11. The lowest BCUT2D eigenvalue weighted by Gasteiger charge is -2.22. The van der Waals surface area contributed by atoms with Crippen LogP contribution in [0, 0.1) is 5.41 Å². The molecule has 2 rings (SSSR count). The zero-order valence-corrected chi connectivity index (χ0v) is 12.2. The second kappa shape index (κ2) is 5.49. The van der Waals surface area contributed by atoms with Gasteiger partial charge in [-0.25, -0.2) is 0 Å². The van der Waals surface area contributed by atoms with Crippen molar-refractivity contribution in [1.82, 2.24) is 9.78 Å². The van der Waals surface area contributed by atoms with Crippen LogP contribution in [0.15, 0.2) is 36.9 Å². The van der Waals surface area contributed by atoms with Crippen molar-refractivity contribution in [1.29, 1.82) is 0 Å². The fourth-order valence-electron chi connectivity index (χ4n) is 2.29. The number of rotatable bonds is 5. The summed E-state index contributed by atoms with van der Waals surface area (Å²) >= 11 is 0. The summed E-state index contributed by atoms with van der Waals surface area (Å²) in [5.74, 6) is -0.260. The first-order chi connectivity index (χ1) is 9.51. The molecule has 20 heavy (non-hydrogen) atoms. The number of para-hydroxylation sites is 1. The van der Waals surface area contributed by atoms with Gasteiger partial charge in [0, 0.05) is 18.9 Å². The second-order valence-electron chi connectivity index (χ2n) is 5.11. The van der Waals surface area contributed by atoms with E-state index in [1.54, 1.807) is 13.0 Å². The van der Waals surface area contributed by atoms with Gasteiger partial charge in [-0.2, -0.15) is 5.10 Å². The number of esters is 1. The summed E-state index contributed by atoms with van der Waals surface area (Å²) in [6.45, 7) is 7.79. The molecule has 4 heteroatoms. The lowest BCUT2D eigenvalue weighted by molar-refractivity contribution is -0.151. The molecular formula is C16H20N2O2. The summed E-state index contributed by atoms with van der Waals surface area (Å²) in [7, 11) is 1.90. The van der Waals surface area contributed by atoms with Crippen molar-refractivity contribution in [3.8, 4) is 0 Å². The first-order valence-electron chi connectivity index (χ1n) is 6.73. The molecule has 0 spiro atoms. The van der Waals surface area contributed by atoms with Crippen molar-refractivity contribution >= 4 is 16.9 Å². The lowest BCUT2D eigenvalue weighted by Crippen LogP contribution is -2.30. The molecule has 1 unspecified atom stereocenters. The molecular weight excluding hydrogens is 252 g/mol. The van der Waals surface area contributed by atoms with Crippen molar-refractivity contribution in [2.45, 2.75) is 20.3 Å². The Morgan fingerprint density at radius 2 is 2.20 bits per heavy atom. The standard InChI is InChI=1S/C16H20N2O2/c1-5-16(3,15(19)20-6-2)11-13-12-9-7-8-10-14(12)18(4)17-13/h5,7-10H,1,6,11H2,2-4H3. The summed E-state index contributed by atoms with van der Waals surface area (Å²) in [6, 6.07) is 7.99. The van der Waals surface area contributed by atoms with Crippen LogP contribution in [-0.2, 0) is 23.0 Å². The maximum atomic E-state index is 12.1. The van der Waals surface area contributed by atoms with Gasteiger partial charge in [0.1, 0.15) is 0 Å². The topological polar surface area (TPSA) is 44.1 Å². The number of carbonyl (C=O) groups excluding carboxylic acids is 1. The Morgan fingerprint density at radius 1 is 1.50 bits per heavy atom. The van der Waals surface area contributed by atoms with Gasteiger partial charge < -0.3 is 4.74 Å². The monoisotopic (exact) mass is 272 g/mol. The number of aromatic nitrogens is 2. The van der Waals surface area contributed by atoms with E-state index in [9.17, 15) is 4.79 Å². The summed E-state index contributed by atoms with van der Waals surface area (Å²) in [5, 5.41) is 5.59. The highest BCUT2D eigenvalue weighted by molar-refractivity contribution is 5.84. The van der Waals surface area contributed by atoms with Gasteiger partial charge in [0.2, 0.25) is 0 Å². The predicted molar refractivity (Wildman–Crippen MR) is 79.4 cm³/mol. The number of hydrogen-bond donors (Lipinski definition) is 0. The van der Waals surface area contributed by atoms with Crippen LogP contribution in [0.3, 0.4) is 0 Å². The van der Waals surface area contributed by atoms with Crippen LogP contribution in [0.2, 0.25) is 0 Å². The average molecular weight is 272 g/mol. The molecule has 0 radical (unpaired) electrons. The first-order valence-corrected chi connectivity index (χ1v) is 6.73. The van der Waals surface area contributed by atoms with E-state index in [1.165, 1.54) is 0 Å². The molecule has 2 aromatic rings. The van der Waals surface area contributed by atoms with Gasteiger partial charge in [0.25, 0.3) is 0 Å². The number of benzene rings is 1. The minimum atomic E-state index is -0.757. The Kier molecular flexibility index (Phi) is 3.93. The minimum Gasteiger partial charge on any atom is -0.465 e. The highest BCUT2D eigenvalue weighted by Crippen LogP contribution is 2.29. The van der Waals surface area contributed by atoms with E-state index in [2.05, 4.69) is 11.7 Å². The fourth-order valence-corrected chi connectivity index (χ4v) is 2.29. The van der Waals surface area contributed by atoms with E-state index in [4.69, 9.17) is 4.74 Å². The van der Waals surface area contributed by atoms with Gasteiger partial charge in [-0.15, -0.1) is 6.58 Å². The van der Waals surface area contributed by atoms with Gasteiger partial charge in [0.05, 0.1) is 23.2 Å². The lowest BCUT2D eigenvalue weighted by atomic mass is 9.85. The molecule has 0 N–H and O–H groups in total. The number of nitrogens with zero attached hydrogens (tertiary/aromatic N) is 2. The molecule has 1 aromatic carbocycles. The first kappa shape index (κ1) is 14.3. The van der Waals surface area contributed by atoms with Gasteiger partial charge >= 0.3 is 5.97 Å². The molecule has 1 atom stereocenters. The maximum Gasteiger partial charge on any atom is 0.316 e. The quantitative estimate of drug-likeness (QED) is 0.621. The molecule has 0 bridgehead atoms. The SMILES string of the molecule is C=CC(C)(Cc1nn(C)c2ccccc12)C(=O)OCC. The number of ether oxygens (including phenoxy) is 1. The highest BCUT2D eigenvalue weighted by Gasteiger charge is 2.33. The minimum absolute atomic E-state index is 0.260. The number of aryl methyl sites for hydroxylation is 1. The predicted octanol–water partition coefficient (Wildman–Crippen LogP) is 2.87. The van der Waals surface area contributed by atoms with Gasteiger partial charge in [-0.3, -0.25) is 9.48 Å². The number of fused-ring (bicyclic) bond motifs is 1. The Labute approximate surface area is 119 Å². The molecule has 1 heterocycles. The molecule has 4 nitrogen and oxygen atoms in total. The largest absolute Gasteiger partial charge is 0.465 e. The Hall–Kier alpha value is -2.10. The molecule has 0 aliphatic rings. The molecule has 0 aliphatic carbocycles. The van der Waals surface area contributed by atoms with E-state index in [1.807, 2.05) is 42.9 Å². The number of carbonyl (C=O) groups is 1. The smallest absolute Gasteiger partial charge is 0.316 e.